The van der Waals surface area contributed by atoms with E-state index in [-0.39, 0.29) is 11.9 Å². The van der Waals surface area contributed by atoms with Crippen LogP contribution in [0.15, 0.2) is 54.6 Å². The van der Waals surface area contributed by atoms with Gasteiger partial charge in [0.05, 0.1) is 12.3 Å². The molecule has 0 fully saturated rings. The number of carbonyl (C=O) groups excluding carboxylic acids is 1. The predicted octanol–water partition coefficient (Wildman–Crippen LogP) is 2.98. The van der Waals surface area contributed by atoms with Gasteiger partial charge < -0.3 is 15.4 Å². The fraction of sp³-hybridized carbons (Fsp3) is 0.350. The Kier molecular flexibility index (Phi) is 6.82. The molecule has 3 N–H and O–H groups in total. The maximum Gasteiger partial charge on any atom is 0.279 e. The van der Waals surface area contributed by atoms with E-state index in [1.165, 1.54) is 5.56 Å². The number of quaternary nitrogens is 1. The summed E-state index contributed by atoms with van der Waals surface area (Å²) in [6.07, 6.45) is 0. The van der Waals surface area contributed by atoms with E-state index in [0.29, 0.717) is 24.8 Å². The number of nitrogens with one attached hydrogen (secondary N) is 1. The van der Waals surface area contributed by atoms with Crippen molar-refractivity contribution in [3.05, 3.63) is 60.2 Å². The minimum Gasteiger partial charge on any atom is -0.492 e. The van der Waals surface area contributed by atoms with Gasteiger partial charge in [-0.05, 0) is 19.1 Å². The van der Waals surface area contributed by atoms with Crippen molar-refractivity contribution >= 4 is 11.6 Å². The summed E-state index contributed by atoms with van der Waals surface area (Å²) < 4.78 is 5.55. The molecule has 0 saturated carbocycles. The number of para-hydroxylation sites is 2. The Bertz CT molecular complexity index is 641. The minimum absolute atomic E-state index is 0.0243. The van der Waals surface area contributed by atoms with Crippen LogP contribution < -0.4 is 15.4 Å². The van der Waals surface area contributed by atoms with Crippen molar-refractivity contribution in [1.82, 2.24) is 0 Å². The van der Waals surface area contributed by atoms with Crippen molar-refractivity contribution in [2.24, 2.45) is 5.92 Å². The van der Waals surface area contributed by atoms with Gasteiger partial charge in [-0.1, -0.05) is 56.3 Å². The number of anilines is 1. The lowest BCUT2D eigenvalue weighted by atomic mass is 9.96. The maximum absolute atomic E-state index is 12.3. The zero-order valence-electron chi connectivity index (χ0n) is 14.7. The van der Waals surface area contributed by atoms with Gasteiger partial charge in [0.1, 0.15) is 11.8 Å². The number of hydrogen-bond acceptors (Lipinski definition) is 2. The van der Waals surface area contributed by atoms with E-state index in [2.05, 4.69) is 36.6 Å². The Morgan fingerprint density at radius 2 is 1.75 bits per heavy atom. The van der Waals surface area contributed by atoms with Crippen LogP contribution in [0.3, 0.4) is 0 Å². The Morgan fingerprint density at radius 1 is 1.08 bits per heavy atom. The largest absolute Gasteiger partial charge is 0.492 e. The normalized spacial score (nSPS) is 12.0. The molecule has 0 heterocycles. The molecular formula is C20H27N2O2+. The molecule has 24 heavy (non-hydrogen) atoms. The maximum atomic E-state index is 12.3. The third-order valence-corrected chi connectivity index (χ3v) is 3.92. The molecule has 128 valence electrons. The number of amides is 1. The zero-order chi connectivity index (χ0) is 17.4. The van der Waals surface area contributed by atoms with Crippen LogP contribution in [-0.4, -0.2) is 19.1 Å². The first-order chi connectivity index (χ1) is 11.6. The number of ether oxygens (including phenoxy) is 1. The molecular weight excluding hydrogens is 300 g/mol. The molecule has 0 radical (unpaired) electrons. The van der Waals surface area contributed by atoms with Crippen molar-refractivity contribution in [2.45, 2.75) is 26.8 Å². The molecule has 4 heteroatoms. The monoisotopic (exact) mass is 327 g/mol. The molecule has 4 nitrogen and oxygen atoms in total. The Hall–Kier alpha value is -2.33. The van der Waals surface area contributed by atoms with Crippen LogP contribution in [0.4, 0.5) is 5.69 Å². The highest BCUT2D eigenvalue weighted by Crippen LogP contribution is 2.23. The molecule has 0 aliphatic heterocycles. The Labute approximate surface area is 144 Å². The van der Waals surface area contributed by atoms with Gasteiger partial charge in [-0.2, -0.15) is 0 Å². The van der Waals surface area contributed by atoms with E-state index in [4.69, 9.17) is 4.74 Å². The lowest BCUT2D eigenvalue weighted by Gasteiger charge is -2.19. The van der Waals surface area contributed by atoms with Gasteiger partial charge in [-0.15, -0.1) is 0 Å². The predicted molar refractivity (Wildman–Crippen MR) is 97.1 cm³/mol. The van der Waals surface area contributed by atoms with Gasteiger partial charge in [0.15, 0.2) is 6.54 Å². The third kappa shape index (κ3) is 5.10. The minimum atomic E-state index is -0.0243. The molecule has 0 bridgehead atoms. The fourth-order valence-electron chi connectivity index (χ4n) is 2.75. The molecule has 0 saturated heterocycles. The van der Waals surface area contributed by atoms with Gasteiger partial charge in [0, 0.05) is 11.5 Å². The highest BCUT2D eigenvalue weighted by Gasteiger charge is 2.20. The lowest BCUT2D eigenvalue weighted by molar-refractivity contribution is -0.692. The van der Waals surface area contributed by atoms with Crippen molar-refractivity contribution in [2.75, 3.05) is 18.5 Å². The second-order valence-electron chi connectivity index (χ2n) is 6.10. The second-order valence-corrected chi connectivity index (χ2v) is 6.10. The molecule has 2 aromatic carbocycles. The van der Waals surface area contributed by atoms with Crippen molar-refractivity contribution < 1.29 is 14.8 Å². The summed E-state index contributed by atoms with van der Waals surface area (Å²) in [7, 11) is 0. The average molecular weight is 327 g/mol. The van der Waals surface area contributed by atoms with Crippen LogP contribution in [0.5, 0.6) is 5.75 Å². The van der Waals surface area contributed by atoms with E-state index in [9.17, 15) is 4.79 Å². The first kappa shape index (κ1) is 18.0. The van der Waals surface area contributed by atoms with Crippen LogP contribution in [0.1, 0.15) is 32.4 Å². The fourth-order valence-corrected chi connectivity index (χ4v) is 2.75. The molecule has 0 spiro atoms. The van der Waals surface area contributed by atoms with Crippen LogP contribution in [0.25, 0.3) is 0 Å². The zero-order valence-corrected chi connectivity index (χ0v) is 14.7. The topological polar surface area (TPSA) is 54.9 Å². The van der Waals surface area contributed by atoms with Gasteiger partial charge in [0.25, 0.3) is 5.91 Å². The van der Waals surface area contributed by atoms with E-state index in [0.717, 1.165) is 5.69 Å². The second kappa shape index (κ2) is 9.08. The van der Waals surface area contributed by atoms with Gasteiger partial charge in [0.2, 0.25) is 0 Å². The number of rotatable bonds is 8. The Balaban J connectivity index is 1.97. The molecule has 1 atom stereocenters. The first-order valence-electron chi connectivity index (χ1n) is 8.51. The molecule has 0 aromatic heterocycles. The quantitative estimate of drug-likeness (QED) is 0.783. The van der Waals surface area contributed by atoms with Crippen LogP contribution in [-0.2, 0) is 4.79 Å². The first-order valence-corrected chi connectivity index (χ1v) is 8.51. The van der Waals surface area contributed by atoms with E-state index in [1.807, 2.05) is 49.4 Å². The van der Waals surface area contributed by atoms with Crippen LogP contribution >= 0.6 is 0 Å². The number of hydrogen-bond donors (Lipinski definition) is 2. The SMILES string of the molecule is CCOc1ccccc1NC(=O)C[NH2+][C@@H](c1ccccc1)C(C)C. The molecule has 2 aromatic rings. The number of carbonyl (C=O) groups is 1. The summed E-state index contributed by atoms with van der Waals surface area (Å²) >= 11 is 0. The summed E-state index contributed by atoms with van der Waals surface area (Å²) in [6, 6.07) is 18.1. The highest BCUT2D eigenvalue weighted by atomic mass is 16.5. The van der Waals surface area contributed by atoms with Crippen molar-refractivity contribution in [3.63, 3.8) is 0 Å². The molecule has 0 aliphatic rings. The van der Waals surface area contributed by atoms with Gasteiger partial charge in [-0.3, -0.25) is 4.79 Å². The molecule has 2 rings (SSSR count). The van der Waals surface area contributed by atoms with Crippen LogP contribution in [0.2, 0.25) is 0 Å². The highest BCUT2D eigenvalue weighted by molar-refractivity contribution is 5.92. The number of benzene rings is 2. The summed E-state index contributed by atoms with van der Waals surface area (Å²) in [5, 5.41) is 5.04. The molecule has 0 aliphatic carbocycles. The summed E-state index contributed by atoms with van der Waals surface area (Å²) in [5.74, 6) is 1.12. The summed E-state index contributed by atoms with van der Waals surface area (Å²) in [6.45, 7) is 7.23. The molecule has 0 unspecified atom stereocenters. The van der Waals surface area contributed by atoms with E-state index >= 15 is 0 Å². The summed E-state index contributed by atoms with van der Waals surface area (Å²) in [4.78, 5) is 12.3. The molecule has 1 amide bonds. The standard InChI is InChI=1S/C20H26N2O2/c1-4-24-18-13-9-8-12-17(18)22-19(23)14-21-20(15(2)3)16-10-6-5-7-11-16/h5-13,15,20-21H,4,14H2,1-3H3,(H,22,23)/p+1/t20-/m1/s1. The third-order valence-electron chi connectivity index (χ3n) is 3.92. The summed E-state index contributed by atoms with van der Waals surface area (Å²) in [5.41, 5.74) is 1.97. The van der Waals surface area contributed by atoms with Gasteiger partial charge in [-0.25, -0.2) is 0 Å². The van der Waals surface area contributed by atoms with E-state index < -0.39 is 0 Å². The van der Waals surface area contributed by atoms with E-state index in [1.54, 1.807) is 0 Å². The Morgan fingerprint density at radius 3 is 2.42 bits per heavy atom. The van der Waals surface area contributed by atoms with Gasteiger partial charge >= 0.3 is 0 Å². The van der Waals surface area contributed by atoms with Crippen molar-refractivity contribution in [3.8, 4) is 5.75 Å². The number of nitrogens with two attached hydrogens (primary N) is 1. The smallest absolute Gasteiger partial charge is 0.279 e. The lowest BCUT2D eigenvalue weighted by Crippen LogP contribution is -2.88. The average Bonchev–Trinajstić information content (AvgIpc) is 2.58. The van der Waals surface area contributed by atoms with Crippen LogP contribution in [0, 0.1) is 5.92 Å². The van der Waals surface area contributed by atoms with Crippen molar-refractivity contribution in [1.29, 1.82) is 0 Å².